The standard InChI is InChI=1S/C14H20N2O/c1-15-14(17)12-7-4-8-13(9-12)16-10-11-5-2-3-6-11/h4,7-9,11,16H,2-3,5-6,10H2,1H3,(H,15,17). The normalized spacial score (nSPS) is 15.8. The maximum atomic E-state index is 11.5. The summed E-state index contributed by atoms with van der Waals surface area (Å²) in [7, 11) is 1.65. The van der Waals surface area contributed by atoms with E-state index in [1.807, 2.05) is 24.3 Å². The first-order chi connectivity index (χ1) is 8.29. The third-order valence-corrected chi connectivity index (χ3v) is 3.42. The fourth-order valence-electron chi connectivity index (χ4n) is 2.39. The Morgan fingerprint density at radius 1 is 1.35 bits per heavy atom. The van der Waals surface area contributed by atoms with Crippen molar-refractivity contribution in [1.29, 1.82) is 0 Å². The van der Waals surface area contributed by atoms with Crippen molar-refractivity contribution in [3.05, 3.63) is 29.8 Å². The molecule has 1 aliphatic rings. The van der Waals surface area contributed by atoms with Crippen molar-refractivity contribution in [1.82, 2.24) is 5.32 Å². The predicted octanol–water partition coefficient (Wildman–Crippen LogP) is 2.65. The molecule has 17 heavy (non-hydrogen) atoms. The Balaban J connectivity index is 1.93. The molecule has 0 bridgehead atoms. The monoisotopic (exact) mass is 232 g/mol. The summed E-state index contributed by atoms with van der Waals surface area (Å²) < 4.78 is 0. The van der Waals surface area contributed by atoms with Crippen LogP contribution < -0.4 is 10.6 Å². The number of nitrogens with one attached hydrogen (secondary N) is 2. The number of anilines is 1. The van der Waals surface area contributed by atoms with Crippen molar-refractivity contribution >= 4 is 11.6 Å². The Bertz CT molecular complexity index is 384. The van der Waals surface area contributed by atoms with Crippen LogP contribution in [0.4, 0.5) is 5.69 Å². The summed E-state index contributed by atoms with van der Waals surface area (Å²) in [6.45, 7) is 1.02. The summed E-state index contributed by atoms with van der Waals surface area (Å²) in [6.07, 6.45) is 5.40. The minimum atomic E-state index is -0.0329. The van der Waals surface area contributed by atoms with Crippen molar-refractivity contribution in [2.75, 3.05) is 18.9 Å². The van der Waals surface area contributed by atoms with Gasteiger partial charge in [-0.1, -0.05) is 18.9 Å². The third-order valence-electron chi connectivity index (χ3n) is 3.42. The molecular weight excluding hydrogens is 212 g/mol. The van der Waals surface area contributed by atoms with Gasteiger partial charge in [0.05, 0.1) is 0 Å². The topological polar surface area (TPSA) is 41.1 Å². The highest BCUT2D eigenvalue weighted by Crippen LogP contribution is 2.25. The minimum absolute atomic E-state index is 0.0329. The molecule has 0 saturated heterocycles. The number of carbonyl (C=O) groups excluding carboxylic acids is 1. The van der Waals surface area contributed by atoms with E-state index in [0.717, 1.165) is 18.2 Å². The van der Waals surface area contributed by atoms with Crippen LogP contribution in [0.3, 0.4) is 0 Å². The number of rotatable bonds is 4. The third kappa shape index (κ3) is 3.22. The SMILES string of the molecule is CNC(=O)c1cccc(NCC2CCCC2)c1. The van der Waals surface area contributed by atoms with E-state index < -0.39 is 0 Å². The van der Waals surface area contributed by atoms with Crippen LogP contribution in [0.5, 0.6) is 0 Å². The highest BCUT2D eigenvalue weighted by atomic mass is 16.1. The highest BCUT2D eigenvalue weighted by molar-refractivity contribution is 5.94. The molecule has 1 fully saturated rings. The number of amides is 1. The van der Waals surface area contributed by atoms with Gasteiger partial charge in [0.2, 0.25) is 0 Å². The summed E-state index contributed by atoms with van der Waals surface area (Å²) in [6, 6.07) is 7.68. The second kappa shape index (κ2) is 5.71. The number of hydrogen-bond acceptors (Lipinski definition) is 2. The Morgan fingerprint density at radius 2 is 2.12 bits per heavy atom. The first kappa shape index (κ1) is 12.0. The van der Waals surface area contributed by atoms with Gasteiger partial charge in [0.15, 0.2) is 0 Å². The lowest BCUT2D eigenvalue weighted by molar-refractivity contribution is 0.0963. The van der Waals surface area contributed by atoms with Gasteiger partial charge in [0, 0.05) is 24.8 Å². The Labute approximate surface area is 103 Å². The van der Waals surface area contributed by atoms with Crippen LogP contribution in [-0.4, -0.2) is 19.5 Å². The summed E-state index contributed by atoms with van der Waals surface area (Å²) in [4.78, 5) is 11.5. The van der Waals surface area contributed by atoms with E-state index in [4.69, 9.17) is 0 Å². The number of carbonyl (C=O) groups is 1. The molecule has 0 atom stereocenters. The van der Waals surface area contributed by atoms with Gasteiger partial charge in [-0.2, -0.15) is 0 Å². The molecule has 1 aliphatic carbocycles. The van der Waals surface area contributed by atoms with Gasteiger partial charge in [-0.25, -0.2) is 0 Å². The van der Waals surface area contributed by atoms with Gasteiger partial charge in [-0.3, -0.25) is 4.79 Å². The number of benzene rings is 1. The zero-order valence-corrected chi connectivity index (χ0v) is 10.3. The molecule has 1 aromatic rings. The zero-order chi connectivity index (χ0) is 12.1. The second-order valence-corrected chi connectivity index (χ2v) is 4.69. The molecule has 3 heteroatoms. The lowest BCUT2D eigenvalue weighted by atomic mass is 10.1. The van der Waals surface area contributed by atoms with Crippen LogP contribution in [0.15, 0.2) is 24.3 Å². The maximum Gasteiger partial charge on any atom is 0.251 e. The van der Waals surface area contributed by atoms with Crippen LogP contribution in [0.25, 0.3) is 0 Å². The Hall–Kier alpha value is -1.51. The molecule has 0 unspecified atom stereocenters. The molecule has 1 saturated carbocycles. The smallest absolute Gasteiger partial charge is 0.251 e. The minimum Gasteiger partial charge on any atom is -0.385 e. The number of hydrogen-bond donors (Lipinski definition) is 2. The largest absolute Gasteiger partial charge is 0.385 e. The average Bonchev–Trinajstić information content (AvgIpc) is 2.89. The van der Waals surface area contributed by atoms with Crippen LogP contribution in [-0.2, 0) is 0 Å². The summed E-state index contributed by atoms with van der Waals surface area (Å²) >= 11 is 0. The average molecular weight is 232 g/mol. The summed E-state index contributed by atoms with van der Waals surface area (Å²) in [5, 5.41) is 6.06. The molecule has 0 aliphatic heterocycles. The van der Waals surface area contributed by atoms with Crippen LogP contribution in [0.2, 0.25) is 0 Å². The van der Waals surface area contributed by atoms with Crippen molar-refractivity contribution in [2.45, 2.75) is 25.7 Å². The molecular formula is C14H20N2O. The van der Waals surface area contributed by atoms with Gasteiger partial charge in [0.1, 0.15) is 0 Å². The van der Waals surface area contributed by atoms with Crippen molar-refractivity contribution in [2.24, 2.45) is 5.92 Å². The molecule has 2 N–H and O–H groups in total. The second-order valence-electron chi connectivity index (χ2n) is 4.69. The molecule has 1 aromatic carbocycles. The fourth-order valence-corrected chi connectivity index (χ4v) is 2.39. The maximum absolute atomic E-state index is 11.5. The van der Waals surface area contributed by atoms with Gasteiger partial charge in [-0.15, -0.1) is 0 Å². The first-order valence-electron chi connectivity index (χ1n) is 6.35. The van der Waals surface area contributed by atoms with Crippen LogP contribution >= 0.6 is 0 Å². The Kier molecular flexibility index (Phi) is 4.02. The van der Waals surface area contributed by atoms with E-state index >= 15 is 0 Å². The van der Waals surface area contributed by atoms with E-state index in [-0.39, 0.29) is 5.91 Å². The molecule has 2 rings (SSSR count). The quantitative estimate of drug-likeness (QED) is 0.838. The van der Waals surface area contributed by atoms with Crippen molar-refractivity contribution < 1.29 is 4.79 Å². The highest BCUT2D eigenvalue weighted by Gasteiger charge is 2.14. The molecule has 1 amide bonds. The van der Waals surface area contributed by atoms with Crippen LogP contribution in [0.1, 0.15) is 36.0 Å². The molecule has 0 spiro atoms. The van der Waals surface area contributed by atoms with Gasteiger partial charge in [0.25, 0.3) is 5.91 Å². The molecule has 0 heterocycles. The Morgan fingerprint density at radius 3 is 2.82 bits per heavy atom. The lowest BCUT2D eigenvalue weighted by Gasteiger charge is -2.12. The zero-order valence-electron chi connectivity index (χ0n) is 10.3. The fraction of sp³-hybridized carbons (Fsp3) is 0.500. The van der Waals surface area contributed by atoms with Crippen LogP contribution in [0, 0.1) is 5.92 Å². The van der Waals surface area contributed by atoms with E-state index in [0.29, 0.717) is 5.56 Å². The van der Waals surface area contributed by atoms with Crippen molar-refractivity contribution in [3.63, 3.8) is 0 Å². The predicted molar refractivity (Wildman–Crippen MR) is 70.3 cm³/mol. The first-order valence-corrected chi connectivity index (χ1v) is 6.35. The van der Waals surface area contributed by atoms with Gasteiger partial charge < -0.3 is 10.6 Å². The summed E-state index contributed by atoms with van der Waals surface area (Å²) in [5.41, 5.74) is 1.75. The van der Waals surface area contributed by atoms with Gasteiger partial charge >= 0.3 is 0 Å². The van der Waals surface area contributed by atoms with Gasteiger partial charge in [-0.05, 0) is 37.0 Å². The van der Waals surface area contributed by atoms with E-state index in [2.05, 4.69) is 10.6 Å². The van der Waals surface area contributed by atoms with E-state index in [1.165, 1.54) is 25.7 Å². The van der Waals surface area contributed by atoms with E-state index in [9.17, 15) is 4.79 Å². The van der Waals surface area contributed by atoms with Crippen molar-refractivity contribution in [3.8, 4) is 0 Å². The molecule has 0 radical (unpaired) electrons. The molecule has 3 nitrogen and oxygen atoms in total. The molecule has 0 aromatic heterocycles. The molecule has 92 valence electrons. The van der Waals surface area contributed by atoms with E-state index in [1.54, 1.807) is 7.05 Å². The summed E-state index contributed by atoms with van der Waals surface area (Å²) in [5.74, 6) is 0.771. The lowest BCUT2D eigenvalue weighted by Crippen LogP contribution is -2.18.